The van der Waals surface area contributed by atoms with Crippen LogP contribution in [0.1, 0.15) is 75.3 Å². The summed E-state index contributed by atoms with van der Waals surface area (Å²) in [6.45, 7) is 6.01. The average molecular weight is 309 g/mol. The first-order valence-corrected chi connectivity index (χ1v) is 9.65. The second-order valence-electron chi connectivity index (χ2n) is 7.68. The van der Waals surface area contributed by atoms with E-state index in [0.717, 1.165) is 23.7 Å². The zero-order valence-corrected chi connectivity index (χ0v) is 14.7. The molecule has 2 fully saturated rings. The Morgan fingerprint density at radius 3 is 1.91 bits per heavy atom. The molecule has 2 saturated carbocycles. The van der Waals surface area contributed by atoms with E-state index in [2.05, 4.69) is 49.9 Å². The fourth-order valence-corrected chi connectivity index (χ4v) is 4.91. The maximum atomic E-state index is 3.85. The topological polar surface area (TPSA) is 0 Å². The lowest BCUT2D eigenvalue weighted by atomic mass is 9.68. The van der Waals surface area contributed by atoms with Crippen LogP contribution in [0.15, 0.2) is 43.0 Å². The van der Waals surface area contributed by atoms with Crippen molar-refractivity contribution in [2.24, 2.45) is 17.8 Å². The zero-order chi connectivity index (χ0) is 16.1. The van der Waals surface area contributed by atoms with Gasteiger partial charge in [0.15, 0.2) is 0 Å². The first-order chi connectivity index (χ1) is 11.3. The second kappa shape index (κ2) is 7.99. The van der Waals surface area contributed by atoms with E-state index < -0.39 is 0 Å². The number of hydrogen-bond donors (Lipinski definition) is 0. The van der Waals surface area contributed by atoms with Crippen molar-refractivity contribution in [3.63, 3.8) is 0 Å². The predicted molar refractivity (Wildman–Crippen MR) is 101 cm³/mol. The van der Waals surface area contributed by atoms with Gasteiger partial charge in [0, 0.05) is 0 Å². The van der Waals surface area contributed by atoms with E-state index in [4.69, 9.17) is 0 Å². The van der Waals surface area contributed by atoms with E-state index in [1.54, 1.807) is 5.56 Å². The molecule has 0 nitrogen and oxygen atoms in total. The van der Waals surface area contributed by atoms with Crippen LogP contribution in [0, 0.1) is 17.8 Å². The van der Waals surface area contributed by atoms with Crippen molar-refractivity contribution >= 4 is 6.08 Å². The van der Waals surface area contributed by atoms with Crippen LogP contribution in [0.25, 0.3) is 6.08 Å². The minimum Gasteiger partial charge on any atom is -0.0985 e. The predicted octanol–water partition coefficient (Wildman–Crippen LogP) is 6.99. The monoisotopic (exact) mass is 308 g/mol. The Bertz CT molecular complexity index is 505. The lowest BCUT2D eigenvalue weighted by Gasteiger charge is -2.37. The Labute approximate surface area is 142 Å². The Hall–Kier alpha value is -1.30. The van der Waals surface area contributed by atoms with Gasteiger partial charge >= 0.3 is 0 Å². The Morgan fingerprint density at radius 1 is 0.826 bits per heavy atom. The number of allylic oxidation sites excluding steroid dienone is 2. The van der Waals surface area contributed by atoms with E-state index in [-0.39, 0.29) is 0 Å². The van der Waals surface area contributed by atoms with Gasteiger partial charge in [-0.1, -0.05) is 49.1 Å². The molecule has 0 unspecified atom stereocenters. The minimum atomic E-state index is 0.796. The van der Waals surface area contributed by atoms with E-state index >= 15 is 0 Å². The third kappa shape index (κ3) is 4.16. The molecule has 0 radical (unpaired) electrons. The molecule has 2 aliphatic carbocycles. The molecule has 0 aliphatic heterocycles. The first kappa shape index (κ1) is 16.6. The first-order valence-electron chi connectivity index (χ1n) is 9.65. The molecule has 0 spiro atoms. The van der Waals surface area contributed by atoms with Gasteiger partial charge in [-0.25, -0.2) is 0 Å². The third-order valence-corrected chi connectivity index (χ3v) is 6.36. The van der Waals surface area contributed by atoms with Crippen molar-refractivity contribution < 1.29 is 0 Å². The van der Waals surface area contributed by atoms with Gasteiger partial charge in [0.05, 0.1) is 0 Å². The number of hydrogen-bond acceptors (Lipinski definition) is 0. The molecular weight excluding hydrogens is 276 g/mol. The van der Waals surface area contributed by atoms with E-state index in [1.165, 1.54) is 56.9 Å². The van der Waals surface area contributed by atoms with Crippen LogP contribution in [-0.4, -0.2) is 0 Å². The maximum absolute atomic E-state index is 3.85. The minimum absolute atomic E-state index is 0.796. The lowest BCUT2D eigenvalue weighted by molar-refractivity contribution is 0.171. The van der Waals surface area contributed by atoms with Crippen LogP contribution in [-0.2, 0) is 0 Å². The number of rotatable bonds is 4. The molecule has 0 amide bonds. The summed E-state index contributed by atoms with van der Waals surface area (Å²) in [5.74, 6) is 3.69. The lowest BCUT2D eigenvalue weighted by Crippen LogP contribution is -2.25. The molecule has 2 aliphatic rings. The highest BCUT2D eigenvalue weighted by Crippen LogP contribution is 2.44. The van der Waals surface area contributed by atoms with E-state index in [1.807, 2.05) is 6.08 Å². The molecule has 1 aromatic rings. The van der Waals surface area contributed by atoms with Crippen molar-refractivity contribution in [3.8, 4) is 0 Å². The molecule has 0 aromatic heterocycles. The molecule has 0 saturated heterocycles. The summed E-state index contributed by atoms with van der Waals surface area (Å²) in [5.41, 5.74) is 2.78. The van der Waals surface area contributed by atoms with Crippen molar-refractivity contribution in [3.05, 3.63) is 54.1 Å². The molecular formula is C23H32. The van der Waals surface area contributed by atoms with Crippen molar-refractivity contribution in [1.29, 1.82) is 0 Å². The van der Waals surface area contributed by atoms with Crippen molar-refractivity contribution in [2.75, 3.05) is 0 Å². The molecule has 0 heterocycles. The van der Waals surface area contributed by atoms with Gasteiger partial charge < -0.3 is 0 Å². The molecule has 0 atom stereocenters. The summed E-state index contributed by atoms with van der Waals surface area (Å²) in [5, 5.41) is 0. The molecule has 1 aromatic carbocycles. The van der Waals surface area contributed by atoms with E-state index in [9.17, 15) is 0 Å². The molecule has 0 heteroatoms. The van der Waals surface area contributed by atoms with Gasteiger partial charge in [-0.15, -0.1) is 0 Å². The molecule has 0 bridgehead atoms. The van der Waals surface area contributed by atoms with Crippen molar-refractivity contribution in [1.82, 2.24) is 0 Å². The quantitative estimate of drug-likeness (QED) is 0.526. The van der Waals surface area contributed by atoms with Crippen LogP contribution in [0.4, 0.5) is 0 Å². The van der Waals surface area contributed by atoms with Crippen LogP contribution >= 0.6 is 0 Å². The summed E-state index contributed by atoms with van der Waals surface area (Å²) in [7, 11) is 0. The normalized spacial score (nSPS) is 32.0. The van der Waals surface area contributed by atoms with Crippen LogP contribution < -0.4 is 0 Å². The number of benzene rings is 1. The highest BCUT2D eigenvalue weighted by atomic mass is 14.4. The summed E-state index contributed by atoms with van der Waals surface area (Å²) < 4.78 is 0. The average Bonchev–Trinajstić information content (AvgIpc) is 2.63. The largest absolute Gasteiger partial charge is 0.0985 e. The van der Waals surface area contributed by atoms with Crippen LogP contribution in [0.5, 0.6) is 0 Å². The summed E-state index contributed by atoms with van der Waals surface area (Å²) in [6.07, 6.45) is 18.1. The molecule has 0 N–H and O–H groups in total. The SMILES string of the molecule is C=Cc1ccc(C2CCC(C3CCC(C=CC)CC3)CC2)cc1. The standard InChI is InChI=1S/C23H32/c1-3-5-19-8-12-21(13-9-19)23-16-14-22(15-17-23)20-10-6-18(4-2)7-11-20/h3-7,10-11,19,21-23H,2,8-9,12-17H2,1H3. The summed E-state index contributed by atoms with van der Waals surface area (Å²) >= 11 is 0. The van der Waals surface area contributed by atoms with Crippen molar-refractivity contribution in [2.45, 2.75) is 64.2 Å². The van der Waals surface area contributed by atoms with Gasteiger partial charge in [0.25, 0.3) is 0 Å². The fraction of sp³-hybridized carbons (Fsp3) is 0.565. The summed E-state index contributed by atoms with van der Waals surface area (Å²) in [6, 6.07) is 9.09. The maximum Gasteiger partial charge on any atom is -0.0162 e. The Kier molecular flexibility index (Phi) is 5.75. The van der Waals surface area contributed by atoms with Crippen LogP contribution in [0.3, 0.4) is 0 Å². The molecule has 23 heavy (non-hydrogen) atoms. The van der Waals surface area contributed by atoms with Gasteiger partial charge in [-0.3, -0.25) is 0 Å². The van der Waals surface area contributed by atoms with E-state index in [0.29, 0.717) is 0 Å². The molecule has 124 valence electrons. The van der Waals surface area contributed by atoms with Gasteiger partial charge in [0.1, 0.15) is 0 Å². The molecule has 3 rings (SSSR count). The van der Waals surface area contributed by atoms with Crippen LogP contribution in [0.2, 0.25) is 0 Å². The Balaban J connectivity index is 1.49. The highest BCUT2D eigenvalue weighted by molar-refractivity contribution is 5.47. The Morgan fingerprint density at radius 2 is 1.39 bits per heavy atom. The van der Waals surface area contributed by atoms with Gasteiger partial charge in [-0.2, -0.15) is 0 Å². The third-order valence-electron chi connectivity index (χ3n) is 6.36. The fourth-order valence-electron chi connectivity index (χ4n) is 4.91. The smallest absolute Gasteiger partial charge is 0.0162 e. The highest BCUT2D eigenvalue weighted by Gasteiger charge is 2.30. The van der Waals surface area contributed by atoms with Gasteiger partial charge in [0.2, 0.25) is 0 Å². The summed E-state index contributed by atoms with van der Waals surface area (Å²) in [4.78, 5) is 0. The van der Waals surface area contributed by atoms with Gasteiger partial charge in [-0.05, 0) is 93.1 Å². The zero-order valence-electron chi connectivity index (χ0n) is 14.7. The second-order valence-corrected chi connectivity index (χ2v) is 7.68.